The van der Waals surface area contributed by atoms with E-state index in [2.05, 4.69) is 10.3 Å². The van der Waals surface area contributed by atoms with Gasteiger partial charge in [0.25, 0.3) is 5.91 Å². The number of carbonyl (C=O) groups is 2. The molecule has 0 unspecified atom stereocenters. The van der Waals surface area contributed by atoms with E-state index in [4.69, 9.17) is 9.47 Å². The fraction of sp³-hybridized carbons (Fsp3) is 0.421. The number of nitrogens with one attached hydrogen (secondary N) is 1. The average Bonchev–Trinajstić information content (AvgIpc) is 2.99. The van der Waals surface area contributed by atoms with E-state index in [0.717, 1.165) is 4.88 Å². The number of rotatable bonds is 6. The molecule has 1 atom stereocenters. The molecule has 0 spiro atoms. The first-order valence-electron chi connectivity index (χ1n) is 8.56. The largest absolute Gasteiger partial charge is 0.493 e. The van der Waals surface area contributed by atoms with Gasteiger partial charge in [0, 0.05) is 22.7 Å². The summed E-state index contributed by atoms with van der Waals surface area (Å²) in [5, 5.41) is 2.88. The summed E-state index contributed by atoms with van der Waals surface area (Å²) >= 11 is 1.36. The lowest BCUT2D eigenvalue weighted by atomic mass is 10.2. The van der Waals surface area contributed by atoms with Gasteiger partial charge in [0.05, 0.1) is 14.2 Å². The van der Waals surface area contributed by atoms with Crippen LogP contribution in [0.4, 0.5) is 0 Å². The van der Waals surface area contributed by atoms with Crippen LogP contribution < -0.4 is 19.6 Å². The van der Waals surface area contributed by atoms with Gasteiger partial charge in [-0.25, -0.2) is 0 Å². The first-order chi connectivity index (χ1) is 12.8. The fourth-order valence-corrected chi connectivity index (χ4v) is 3.38. The van der Waals surface area contributed by atoms with Crippen molar-refractivity contribution in [3.05, 3.63) is 39.6 Å². The minimum absolute atomic E-state index is 0.0362. The van der Waals surface area contributed by atoms with E-state index >= 15 is 0 Å². The fourth-order valence-electron chi connectivity index (χ4n) is 2.48. The molecule has 8 heteroatoms. The molecule has 1 heterocycles. The van der Waals surface area contributed by atoms with Gasteiger partial charge in [-0.15, -0.1) is 11.3 Å². The van der Waals surface area contributed by atoms with Crippen molar-refractivity contribution in [3.63, 3.8) is 0 Å². The van der Waals surface area contributed by atoms with Crippen molar-refractivity contribution in [2.75, 3.05) is 14.2 Å². The Morgan fingerprint density at radius 1 is 1.15 bits per heavy atom. The SMILES string of the molecule is COc1ccc(C(=O)N=c2sc(C)cn2[C@@H](C)C(=O)NC(C)C)cc1OC. The number of hydrogen-bond donors (Lipinski definition) is 1. The molecule has 0 saturated heterocycles. The summed E-state index contributed by atoms with van der Waals surface area (Å²) in [5.74, 6) is 0.458. The maximum Gasteiger partial charge on any atom is 0.279 e. The van der Waals surface area contributed by atoms with Crippen molar-refractivity contribution in [2.45, 2.75) is 39.8 Å². The van der Waals surface area contributed by atoms with Crippen LogP contribution in [0, 0.1) is 6.92 Å². The summed E-state index contributed by atoms with van der Waals surface area (Å²) in [7, 11) is 3.04. The Morgan fingerprint density at radius 3 is 2.41 bits per heavy atom. The van der Waals surface area contributed by atoms with Crippen LogP contribution in [0.2, 0.25) is 0 Å². The highest BCUT2D eigenvalue weighted by molar-refractivity contribution is 7.09. The van der Waals surface area contributed by atoms with Gasteiger partial charge in [0.15, 0.2) is 16.3 Å². The minimum Gasteiger partial charge on any atom is -0.493 e. The van der Waals surface area contributed by atoms with Crippen LogP contribution in [0.3, 0.4) is 0 Å². The second kappa shape index (κ2) is 8.85. The van der Waals surface area contributed by atoms with Gasteiger partial charge in [0.1, 0.15) is 6.04 Å². The quantitative estimate of drug-likeness (QED) is 0.821. The van der Waals surface area contributed by atoms with Crippen LogP contribution in [0.25, 0.3) is 0 Å². The number of benzene rings is 1. The Labute approximate surface area is 162 Å². The summed E-state index contributed by atoms with van der Waals surface area (Å²) < 4.78 is 12.1. The number of amides is 2. The number of aromatic nitrogens is 1. The molecule has 0 radical (unpaired) electrons. The minimum atomic E-state index is -0.477. The molecular weight excluding hydrogens is 366 g/mol. The molecule has 1 aromatic carbocycles. The molecule has 0 bridgehead atoms. The first kappa shape index (κ1) is 20.7. The highest BCUT2D eigenvalue weighted by atomic mass is 32.1. The van der Waals surface area contributed by atoms with E-state index in [9.17, 15) is 9.59 Å². The summed E-state index contributed by atoms with van der Waals surface area (Å²) in [4.78, 5) is 30.6. The van der Waals surface area contributed by atoms with Crippen molar-refractivity contribution in [1.29, 1.82) is 0 Å². The number of thiazole rings is 1. The molecule has 0 saturated carbocycles. The molecule has 2 rings (SSSR count). The van der Waals surface area contributed by atoms with Crippen LogP contribution in [0.5, 0.6) is 11.5 Å². The number of carbonyl (C=O) groups excluding carboxylic acids is 2. The highest BCUT2D eigenvalue weighted by Crippen LogP contribution is 2.27. The molecule has 146 valence electrons. The normalized spacial score (nSPS) is 12.8. The number of aryl methyl sites for hydroxylation is 1. The van der Waals surface area contributed by atoms with Crippen molar-refractivity contribution >= 4 is 23.2 Å². The van der Waals surface area contributed by atoms with Gasteiger partial charge in [-0.3, -0.25) is 9.59 Å². The second-order valence-electron chi connectivity index (χ2n) is 6.36. The van der Waals surface area contributed by atoms with Gasteiger partial charge in [-0.1, -0.05) is 0 Å². The Hall–Kier alpha value is -2.61. The van der Waals surface area contributed by atoms with Gasteiger partial charge >= 0.3 is 0 Å². The zero-order valence-electron chi connectivity index (χ0n) is 16.4. The van der Waals surface area contributed by atoms with Gasteiger partial charge in [-0.2, -0.15) is 4.99 Å². The zero-order valence-corrected chi connectivity index (χ0v) is 17.2. The zero-order chi connectivity index (χ0) is 20.1. The standard InChI is InChI=1S/C19H25N3O4S/c1-11(2)20-17(23)13(4)22-10-12(3)27-19(22)21-18(24)14-7-8-15(25-5)16(9-14)26-6/h7-11,13H,1-6H3,(H,20,23)/t13-/m0/s1. The van der Waals surface area contributed by atoms with E-state index < -0.39 is 11.9 Å². The smallest absolute Gasteiger partial charge is 0.279 e. The Kier molecular flexibility index (Phi) is 6.79. The molecule has 0 aliphatic carbocycles. The van der Waals surface area contributed by atoms with Crippen LogP contribution in [-0.4, -0.2) is 36.6 Å². The van der Waals surface area contributed by atoms with Crippen LogP contribution in [-0.2, 0) is 4.79 Å². The van der Waals surface area contributed by atoms with Crippen LogP contribution >= 0.6 is 11.3 Å². The third kappa shape index (κ3) is 4.97. The molecule has 27 heavy (non-hydrogen) atoms. The molecule has 0 fully saturated rings. The lowest BCUT2D eigenvalue weighted by Crippen LogP contribution is -2.38. The van der Waals surface area contributed by atoms with E-state index in [1.807, 2.05) is 27.0 Å². The first-order valence-corrected chi connectivity index (χ1v) is 9.38. The Bertz CT molecular complexity index is 899. The average molecular weight is 391 g/mol. The summed E-state index contributed by atoms with van der Waals surface area (Å²) in [6.07, 6.45) is 1.83. The number of methoxy groups -OCH3 is 2. The Balaban J connectivity index is 2.39. The monoisotopic (exact) mass is 391 g/mol. The molecular formula is C19H25N3O4S. The maximum atomic E-state index is 12.6. The van der Waals surface area contributed by atoms with Crippen molar-refractivity contribution in [3.8, 4) is 11.5 Å². The molecule has 1 N–H and O–H groups in total. The highest BCUT2D eigenvalue weighted by Gasteiger charge is 2.18. The Morgan fingerprint density at radius 2 is 1.81 bits per heavy atom. The third-order valence-corrected chi connectivity index (χ3v) is 4.76. The topological polar surface area (TPSA) is 81.9 Å². The van der Waals surface area contributed by atoms with E-state index in [0.29, 0.717) is 21.9 Å². The lowest BCUT2D eigenvalue weighted by Gasteiger charge is -2.15. The molecule has 0 aliphatic heterocycles. The van der Waals surface area contributed by atoms with Gasteiger partial charge in [-0.05, 0) is 45.9 Å². The van der Waals surface area contributed by atoms with Gasteiger partial charge < -0.3 is 19.4 Å². The van der Waals surface area contributed by atoms with E-state index in [1.165, 1.54) is 25.6 Å². The summed E-state index contributed by atoms with van der Waals surface area (Å²) in [6.45, 7) is 7.50. The van der Waals surface area contributed by atoms with Crippen LogP contribution in [0.1, 0.15) is 42.0 Å². The van der Waals surface area contributed by atoms with E-state index in [-0.39, 0.29) is 11.9 Å². The number of hydrogen-bond acceptors (Lipinski definition) is 5. The second-order valence-corrected chi connectivity index (χ2v) is 7.57. The predicted molar refractivity (Wildman–Crippen MR) is 104 cm³/mol. The summed E-state index contributed by atoms with van der Waals surface area (Å²) in [5.41, 5.74) is 0.379. The van der Waals surface area contributed by atoms with E-state index in [1.54, 1.807) is 29.7 Å². The molecule has 7 nitrogen and oxygen atoms in total. The maximum absolute atomic E-state index is 12.6. The van der Waals surface area contributed by atoms with Crippen molar-refractivity contribution < 1.29 is 19.1 Å². The van der Waals surface area contributed by atoms with Crippen molar-refractivity contribution in [2.24, 2.45) is 4.99 Å². The molecule has 2 aromatic rings. The molecule has 0 aliphatic rings. The predicted octanol–water partition coefficient (Wildman–Crippen LogP) is 2.70. The summed E-state index contributed by atoms with van der Waals surface area (Å²) in [6, 6.07) is 4.44. The molecule has 1 aromatic heterocycles. The lowest BCUT2D eigenvalue weighted by molar-refractivity contribution is -0.124. The van der Waals surface area contributed by atoms with Crippen molar-refractivity contribution in [1.82, 2.24) is 9.88 Å². The molecule has 2 amide bonds. The van der Waals surface area contributed by atoms with Gasteiger partial charge in [0.2, 0.25) is 5.91 Å². The third-order valence-electron chi connectivity index (χ3n) is 3.85. The van der Waals surface area contributed by atoms with Crippen LogP contribution in [0.15, 0.2) is 29.4 Å². The number of ether oxygens (including phenoxy) is 2. The number of nitrogens with zero attached hydrogens (tertiary/aromatic N) is 2.